The Bertz CT molecular complexity index is 1120. The van der Waals surface area contributed by atoms with Crippen molar-refractivity contribution in [2.24, 2.45) is 5.92 Å². The van der Waals surface area contributed by atoms with Crippen LogP contribution in [-0.2, 0) is 24.2 Å². The van der Waals surface area contributed by atoms with Crippen molar-refractivity contribution < 1.29 is 9.53 Å². The number of carbonyl (C=O) groups excluding carboxylic acids is 1. The molecular weight excluding hydrogens is 466 g/mol. The van der Waals surface area contributed by atoms with Crippen LogP contribution in [0.5, 0.6) is 5.75 Å². The number of hydrogen-bond donors (Lipinski definition) is 1. The van der Waals surface area contributed by atoms with Crippen LogP contribution < -0.4 is 15.0 Å². The summed E-state index contributed by atoms with van der Waals surface area (Å²) in [6, 6.07) is 18.6. The molecule has 2 aliphatic heterocycles. The van der Waals surface area contributed by atoms with Crippen molar-refractivity contribution in [3.63, 3.8) is 0 Å². The summed E-state index contributed by atoms with van der Waals surface area (Å²) in [6.45, 7) is 4.22. The SMILES string of the molecule is COc1ccc2c(c1)N1CCN(Cc3ccc(Cl)cc3)C[C@@H]1[C@H](C(=O)NCCc1cccs1)C2. The highest BCUT2D eigenvalue weighted by molar-refractivity contribution is 7.09. The molecule has 0 aliphatic carbocycles. The van der Waals surface area contributed by atoms with Gasteiger partial charge in [-0.3, -0.25) is 9.69 Å². The van der Waals surface area contributed by atoms with Crippen molar-refractivity contribution in [2.45, 2.75) is 25.4 Å². The predicted octanol–water partition coefficient (Wildman–Crippen LogP) is 4.63. The van der Waals surface area contributed by atoms with Crippen LogP contribution in [0, 0.1) is 5.92 Å². The minimum absolute atomic E-state index is 0.0859. The maximum Gasteiger partial charge on any atom is 0.225 e. The van der Waals surface area contributed by atoms with Gasteiger partial charge in [0.25, 0.3) is 0 Å². The molecule has 1 aromatic heterocycles. The molecule has 1 saturated heterocycles. The molecule has 3 aromatic rings. The lowest BCUT2D eigenvalue weighted by atomic mass is 9.83. The van der Waals surface area contributed by atoms with Crippen LogP contribution in [0.3, 0.4) is 0 Å². The predicted molar refractivity (Wildman–Crippen MR) is 139 cm³/mol. The first kappa shape index (κ1) is 23.2. The van der Waals surface area contributed by atoms with E-state index in [4.69, 9.17) is 16.3 Å². The standard InChI is InChI=1S/C27H30ClN3O2S/c1-33-22-9-6-20-15-24(27(32)29-11-10-23-3-2-14-34-23)26-18-30(12-13-31(26)25(20)16-22)17-19-4-7-21(28)8-5-19/h2-9,14,16,24,26H,10-13,15,17-18H2,1H3,(H,29,32)/t24-,26-/m1/s1. The van der Waals surface area contributed by atoms with Crippen molar-refractivity contribution in [2.75, 3.05) is 38.2 Å². The van der Waals surface area contributed by atoms with Crippen molar-refractivity contribution in [1.29, 1.82) is 0 Å². The van der Waals surface area contributed by atoms with E-state index in [-0.39, 0.29) is 17.9 Å². The molecule has 0 spiro atoms. The number of hydrogen-bond acceptors (Lipinski definition) is 5. The van der Waals surface area contributed by atoms with E-state index in [1.807, 2.05) is 18.2 Å². The number of benzene rings is 2. The lowest BCUT2D eigenvalue weighted by Gasteiger charge is -2.49. The van der Waals surface area contributed by atoms with Gasteiger partial charge >= 0.3 is 0 Å². The number of anilines is 1. The van der Waals surface area contributed by atoms with E-state index in [1.165, 1.54) is 21.7 Å². The summed E-state index contributed by atoms with van der Waals surface area (Å²) >= 11 is 7.81. The summed E-state index contributed by atoms with van der Waals surface area (Å²) in [6.07, 6.45) is 1.63. The highest BCUT2D eigenvalue weighted by Crippen LogP contribution is 2.38. The number of piperazine rings is 1. The molecule has 0 unspecified atom stereocenters. The third-order valence-electron chi connectivity index (χ3n) is 6.92. The lowest BCUT2D eigenvalue weighted by Crippen LogP contribution is -2.61. The fourth-order valence-electron chi connectivity index (χ4n) is 5.15. The number of methoxy groups -OCH3 is 1. The Labute approximate surface area is 210 Å². The Balaban J connectivity index is 1.34. The molecule has 1 fully saturated rings. The molecule has 0 bridgehead atoms. The van der Waals surface area contributed by atoms with E-state index >= 15 is 0 Å². The second kappa shape index (κ2) is 10.4. The van der Waals surface area contributed by atoms with Gasteiger partial charge in [-0.15, -0.1) is 11.3 Å². The van der Waals surface area contributed by atoms with Gasteiger partial charge < -0.3 is 15.0 Å². The molecule has 1 N–H and O–H groups in total. The molecule has 5 rings (SSSR count). The van der Waals surface area contributed by atoms with Crippen LogP contribution in [-0.4, -0.2) is 50.1 Å². The Morgan fingerprint density at radius 2 is 2.03 bits per heavy atom. The smallest absolute Gasteiger partial charge is 0.225 e. The van der Waals surface area contributed by atoms with Crippen LogP contribution in [0.4, 0.5) is 5.69 Å². The summed E-state index contributed by atoms with van der Waals surface area (Å²) in [5.74, 6) is 0.929. The van der Waals surface area contributed by atoms with Gasteiger partial charge in [0.15, 0.2) is 0 Å². The molecule has 0 saturated carbocycles. The van der Waals surface area contributed by atoms with Gasteiger partial charge in [-0.25, -0.2) is 0 Å². The number of rotatable bonds is 7. The number of fused-ring (bicyclic) bond motifs is 3. The van der Waals surface area contributed by atoms with Gasteiger partial charge in [0.1, 0.15) is 5.75 Å². The average Bonchev–Trinajstić information content (AvgIpc) is 3.38. The maximum absolute atomic E-state index is 13.4. The van der Waals surface area contributed by atoms with Crippen molar-refractivity contribution in [3.8, 4) is 5.75 Å². The quantitative estimate of drug-likeness (QED) is 0.519. The zero-order chi connectivity index (χ0) is 23.5. The molecule has 2 aliphatic rings. The Morgan fingerprint density at radius 3 is 2.79 bits per heavy atom. The van der Waals surface area contributed by atoms with E-state index in [9.17, 15) is 4.79 Å². The van der Waals surface area contributed by atoms with Gasteiger partial charge in [0.2, 0.25) is 5.91 Å². The third kappa shape index (κ3) is 5.09. The summed E-state index contributed by atoms with van der Waals surface area (Å²) in [5, 5.41) is 6.07. The first-order valence-electron chi connectivity index (χ1n) is 11.8. The molecule has 2 aromatic carbocycles. The average molecular weight is 496 g/mol. The third-order valence-corrected chi connectivity index (χ3v) is 8.10. The van der Waals surface area contributed by atoms with Crippen molar-refractivity contribution in [1.82, 2.24) is 10.2 Å². The first-order chi connectivity index (χ1) is 16.6. The second-order valence-corrected chi connectivity index (χ2v) is 10.5. The molecule has 0 radical (unpaired) electrons. The van der Waals surface area contributed by atoms with Gasteiger partial charge in [-0.05, 0) is 53.6 Å². The molecule has 5 nitrogen and oxygen atoms in total. The van der Waals surface area contributed by atoms with E-state index in [1.54, 1.807) is 18.4 Å². The number of nitrogens with one attached hydrogen (secondary N) is 1. The highest BCUT2D eigenvalue weighted by Gasteiger charge is 2.41. The molecule has 178 valence electrons. The summed E-state index contributed by atoms with van der Waals surface area (Å²) in [4.78, 5) is 19.6. The topological polar surface area (TPSA) is 44.8 Å². The molecule has 1 amide bonds. The minimum atomic E-state index is -0.0859. The van der Waals surface area contributed by atoms with Crippen LogP contribution in [0.2, 0.25) is 5.02 Å². The molecule has 34 heavy (non-hydrogen) atoms. The summed E-state index contributed by atoms with van der Waals surface area (Å²) < 4.78 is 5.51. The Kier molecular flexibility index (Phi) is 7.09. The first-order valence-corrected chi connectivity index (χ1v) is 13.1. The van der Waals surface area contributed by atoms with E-state index in [0.29, 0.717) is 6.54 Å². The highest BCUT2D eigenvalue weighted by atomic mass is 35.5. The maximum atomic E-state index is 13.4. The minimum Gasteiger partial charge on any atom is -0.497 e. The molecular formula is C27H30ClN3O2S. The van der Waals surface area contributed by atoms with Crippen molar-refractivity contribution in [3.05, 3.63) is 81.0 Å². The number of thiophene rings is 1. The monoisotopic (exact) mass is 495 g/mol. The normalized spacial score (nSPS) is 19.9. The number of halogens is 1. The number of ether oxygens (including phenoxy) is 1. The molecule has 7 heteroatoms. The summed E-state index contributed by atoms with van der Waals surface area (Å²) in [5.41, 5.74) is 3.67. The molecule has 2 atom stereocenters. The lowest BCUT2D eigenvalue weighted by molar-refractivity contribution is -0.126. The number of amides is 1. The summed E-state index contributed by atoms with van der Waals surface area (Å²) in [7, 11) is 1.70. The van der Waals surface area contributed by atoms with Crippen LogP contribution in [0.1, 0.15) is 16.0 Å². The fraction of sp³-hybridized carbons (Fsp3) is 0.370. The van der Waals surface area contributed by atoms with Gasteiger partial charge in [-0.2, -0.15) is 0 Å². The van der Waals surface area contributed by atoms with Gasteiger partial charge in [0.05, 0.1) is 19.1 Å². The molecule has 3 heterocycles. The van der Waals surface area contributed by atoms with Gasteiger partial charge in [-0.1, -0.05) is 35.9 Å². The van der Waals surface area contributed by atoms with E-state index < -0.39 is 0 Å². The van der Waals surface area contributed by atoms with Crippen LogP contribution in [0.15, 0.2) is 60.0 Å². The second-order valence-electron chi connectivity index (χ2n) is 9.05. The van der Waals surface area contributed by atoms with E-state index in [0.717, 1.165) is 49.8 Å². The Morgan fingerprint density at radius 1 is 1.18 bits per heavy atom. The zero-order valence-corrected chi connectivity index (χ0v) is 20.9. The number of nitrogens with zero attached hydrogens (tertiary/aromatic N) is 2. The van der Waals surface area contributed by atoms with Crippen LogP contribution >= 0.6 is 22.9 Å². The van der Waals surface area contributed by atoms with Crippen LogP contribution in [0.25, 0.3) is 0 Å². The largest absolute Gasteiger partial charge is 0.497 e. The zero-order valence-electron chi connectivity index (χ0n) is 19.4. The van der Waals surface area contributed by atoms with Crippen molar-refractivity contribution >= 4 is 34.5 Å². The fourth-order valence-corrected chi connectivity index (χ4v) is 5.99. The Hall–Kier alpha value is -2.54. The van der Waals surface area contributed by atoms with E-state index in [2.05, 4.69) is 56.9 Å². The number of carbonyl (C=O) groups is 1. The van der Waals surface area contributed by atoms with Gasteiger partial charge in [0, 0.05) is 54.4 Å².